The van der Waals surface area contributed by atoms with Crippen molar-refractivity contribution in [2.75, 3.05) is 27.7 Å². The van der Waals surface area contributed by atoms with E-state index in [1.165, 1.54) is 4.90 Å². The summed E-state index contributed by atoms with van der Waals surface area (Å²) >= 11 is 0. The Labute approximate surface area is 123 Å². The fourth-order valence-corrected chi connectivity index (χ4v) is 2.27. The number of nitrogens with zero attached hydrogens (tertiary/aromatic N) is 2. The fraction of sp³-hybridized carbons (Fsp3) is 0.846. The first kappa shape index (κ1) is 17.6. The van der Waals surface area contributed by atoms with Crippen molar-refractivity contribution in [3.8, 4) is 0 Å². The number of likely N-dealkylation sites (N-methyl/N-ethyl adjacent to an activating group) is 1. The molecule has 0 heterocycles. The molecule has 0 aromatic rings. The third-order valence-corrected chi connectivity index (χ3v) is 3.66. The number of carbonyl (C=O) groups excluding carboxylic acids is 1. The predicted octanol–water partition coefficient (Wildman–Crippen LogP) is 1.36. The molecule has 1 aliphatic rings. The molecule has 21 heavy (non-hydrogen) atoms. The highest BCUT2D eigenvalue weighted by Gasteiger charge is 2.41. The molecule has 0 aromatic carbocycles. The molecule has 1 amide bonds. The molecule has 122 valence electrons. The second-order valence-electron chi connectivity index (χ2n) is 5.45. The van der Waals surface area contributed by atoms with Gasteiger partial charge in [-0.15, -0.1) is 0 Å². The number of halogens is 3. The summed E-state index contributed by atoms with van der Waals surface area (Å²) in [5, 5.41) is 5.94. The third kappa shape index (κ3) is 5.81. The van der Waals surface area contributed by atoms with E-state index in [0.717, 1.165) is 0 Å². The number of hydrogen-bond donors (Lipinski definition) is 2. The Morgan fingerprint density at radius 2 is 1.81 bits per heavy atom. The van der Waals surface area contributed by atoms with Crippen LogP contribution in [0.1, 0.15) is 25.7 Å². The maximum Gasteiger partial charge on any atom is 0.391 e. The average Bonchev–Trinajstić information content (AvgIpc) is 2.42. The smallest absolute Gasteiger partial charge is 0.354 e. The van der Waals surface area contributed by atoms with E-state index in [1.807, 2.05) is 0 Å². The van der Waals surface area contributed by atoms with Gasteiger partial charge in [-0.05, 0) is 25.7 Å². The van der Waals surface area contributed by atoms with Gasteiger partial charge in [0, 0.05) is 27.2 Å². The van der Waals surface area contributed by atoms with Crippen molar-refractivity contribution in [2.24, 2.45) is 10.9 Å². The topological polar surface area (TPSA) is 56.7 Å². The quantitative estimate of drug-likeness (QED) is 0.611. The standard InChI is InChI=1S/C13H23F3N4O/c1-17-12(18-8-11(21)20(2)3)19-10-6-4-9(5-7-10)13(14,15)16/h9-10H,4-8H2,1-3H3,(H2,17,18,19). The van der Waals surface area contributed by atoms with Gasteiger partial charge in [-0.3, -0.25) is 9.79 Å². The van der Waals surface area contributed by atoms with Crippen LogP contribution in [0.3, 0.4) is 0 Å². The Morgan fingerprint density at radius 1 is 1.24 bits per heavy atom. The largest absolute Gasteiger partial charge is 0.391 e. The minimum atomic E-state index is -4.09. The number of carbonyl (C=O) groups is 1. The molecule has 5 nitrogen and oxygen atoms in total. The lowest BCUT2D eigenvalue weighted by Crippen LogP contribution is -2.48. The van der Waals surface area contributed by atoms with E-state index in [9.17, 15) is 18.0 Å². The lowest BCUT2D eigenvalue weighted by atomic mass is 9.85. The summed E-state index contributed by atoms with van der Waals surface area (Å²) in [5.74, 6) is -0.847. The first-order chi connectivity index (χ1) is 9.74. The maximum absolute atomic E-state index is 12.6. The second-order valence-corrected chi connectivity index (χ2v) is 5.45. The van der Waals surface area contributed by atoms with Crippen LogP contribution in [0.15, 0.2) is 4.99 Å². The normalized spacial score (nSPS) is 23.6. The molecular weight excluding hydrogens is 285 g/mol. The highest BCUT2D eigenvalue weighted by molar-refractivity contribution is 5.86. The van der Waals surface area contributed by atoms with Gasteiger partial charge in [-0.25, -0.2) is 0 Å². The van der Waals surface area contributed by atoms with Crippen LogP contribution in [0.4, 0.5) is 13.2 Å². The molecule has 0 saturated heterocycles. The van der Waals surface area contributed by atoms with E-state index in [1.54, 1.807) is 21.1 Å². The molecule has 1 fully saturated rings. The first-order valence-electron chi connectivity index (χ1n) is 6.98. The van der Waals surface area contributed by atoms with Crippen molar-refractivity contribution in [3.05, 3.63) is 0 Å². The van der Waals surface area contributed by atoms with Gasteiger partial charge in [0.25, 0.3) is 0 Å². The first-order valence-corrected chi connectivity index (χ1v) is 6.98. The van der Waals surface area contributed by atoms with Gasteiger partial charge >= 0.3 is 6.18 Å². The Bertz CT molecular complexity index is 374. The summed E-state index contributed by atoms with van der Waals surface area (Å²) in [6, 6.07) is -0.0377. The molecule has 0 unspecified atom stereocenters. The van der Waals surface area contributed by atoms with Crippen molar-refractivity contribution in [1.82, 2.24) is 15.5 Å². The van der Waals surface area contributed by atoms with Crippen molar-refractivity contribution in [1.29, 1.82) is 0 Å². The summed E-state index contributed by atoms with van der Waals surface area (Å²) in [6.07, 6.45) is -2.92. The highest BCUT2D eigenvalue weighted by Crippen LogP contribution is 2.37. The lowest BCUT2D eigenvalue weighted by Gasteiger charge is -2.31. The molecule has 0 bridgehead atoms. The van der Waals surface area contributed by atoms with Gasteiger partial charge in [-0.1, -0.05) is 0 Å². The number of hydrogen-bond acceptors (Lipinski definition) is 2. The maximum atomic E-state index is 12.6. The zero-order valence-electron chi connectivity index (χ0n) is 12.6. The van der Waals surface area contributed by atoms with Crippen LogP contribution in [-0.2, 0) is 4.79 Å². The molecule has 1 saturated carbocycles. The monoisotopic (exact) mass is 308 g/mol. The van der Waals surface area contributed by atoms with E-state index in [2.05, 4.69) is 15.6 Å². The van der Waals surface area contributed by atoms with E-state index in [0.29, 0.717) is 18.8 Å². The van der Waals surface area contributed by atoms with Crippen LogP contribution in [-0.4, -0.2) is 56.7 Å². The second kappa shape index (κ2) is 7.51. The van der Waals surface area contributed by atoms with Crippen molar-refractivity contribution in [2.45, 2.75) is 37.9 Å². The van der Waals surface area contributed by atoms with Crippen LogP contribution in [0.25, 0.3) is 0 Å². The minimum absolute atomic E-state index is 0.0377. The number of guanidine groups is 1. The molecule has 0 radical (unpaired) electrons. The zero-order chi connectivity index (χ0) is 16.0. The minimum Gasteiger partial charge on any atom is -0.354 e. The molecule has 0 aliphatic heterocycles. The van der Waals surface area contributed by atoms with Crippen LogP contribution in [0, 0.1) is 5.92 Å². The lowest BCUT2D eigenvalue weighted by molar-refractivity contribution is -0.182. The van der Waals surface area contributed by atoms with Crippen molar-refractivity contribution >= 4 is 11.9 Å². The Balaban J connectivity index is 2.38. The summed E-state index contributed by atoms with van der Waals surface area (Å²) in [6.45, 7) is 0.102. The zero-order valence-corrected chi connectivity index (χ0v) is 12.6. The number of nitrogens with one attached hydrogen (secondary N) is 2. The summed E-state index contributed by atoms with van der Waals surface area (Å²) in [5.41, 5.74) is 0. The highest BCUT2D eigenvalue weighted by atomic mass is 19.4. The van der Waals surface area contributed by atoms with Gasteiger partial charge < -0.3 is 15.5 Å². The molecule has 8 heteroatoms. The van der Waals surface area contributed by atoms with Gasteiger partial charge in [0.05, 0.1) is 12.5 Å². The molecule has 1 aliphatic carbocycles. The average molecular weight is 308 g/mol. The molecule has 0 spiro atoms. The van der Waals surface area contributed by atoms with Gasteiger partial charge in [0.1, 0.15) is 0 Å². The van der Waals surface area contributed by atoms with E-state index in [-0.39, 0.29) is 31.3 Å². The number of amides is 1. The van der Waals surface area contributed by atoms with Gasteiger partial charge in [0.2, 0.25) is 5.91 Å². The molecule has 2 N–H and O–H groups in total. The Morgan fingerprint density at radius 3 is 2.24 bits per heavy atom. The molecule has 0 atom stereocenters. The number of alkyl halides is 3. The SMILES string of the molecule is CN=C(NCC(=O)N(C)C)NC1CCC(C(F)(F)F)CC1. The number of rotatable bonds is 3. The van der Waals surface area contributed by atoms with E-state index >= 15 is 0 Å². The molecule has 0 aromatic heterocycles. The van der Waals surface area contributed by atoms with Gasteiger partial charge in [0.15, 0.2) is 5.96 Å². The summed E-state index contributed by atoms with van der Waals surface area (Å²) in [4.78, 5) is 16.9. The fourth-order valence-electron chi connectivity index (χ4n) is 2.27. The molecular formula is C13H23F3N4O. The van der Waals surface area contributed by atoms with Crippen molar-refractivity contribution < 1.29 is 18.0 Å². The Kier molecular flexibility index (Phi) is 6.29. The van der Waals surface area contributed by atoms with Gasteiger partial charge in [-0.2, -0.15) is 13.2 Å². The van der Waals surface area contributed by atoms with Crippen LogP contribution in [0.2, 0.25) is 0 Å². The summed E-state index contributed by atoms with van der Waals surface area (Å²) in [7, 11) is 4.87. The van der Waals surface area contributed by atoms with E-state index in [4.69, 9.17) is 0 Å². The third-order valence-electron chi connectivity index (χ3n) is 3.66. The van der Waals surface area contributed by atoms with Crippen LogP contribution >= 0.6 is 0 Å². The van der Waals surface area contributed by atoms with E-state index < -0.39 is 12.1 Å². The predicted molar refractivity (Wildman–Crippen MR) is 75.0 cm³/mol. The summed E-state index contributed by atoms with van der Waals surface area (Å²) < 4.78 is 37.8. The van der Waals surface area contributed by atoms with Crippen LogP contribution in [0.5, 0.6) is 0 Å². The van der Waals surface area contributed by atoms with Crippen molar-refractivity contribution in [3.63, 3.8) is 0 Å². The number of aliphatic imine (C=N–C) groups is 1. The Hall–Kier alpha value is -1.47. The molecule has 1 rings (SSSR count). The van der Waals surface area contributed by atoms with Crippen LogP contribution < -0.4 is 10.6 Å².